The van der Waals surface area contributed by atoms with E-state index in [9.17, 15) is 14.4 Å². The summed E-state index contributed by atoms with van der Waals surface area (Å²) in [5.41, 5.74) is -0.640. The van der Waals surface area contributed by atoms with Gasteiger partial charge >= 0.3 is 17.5 Å². The van der Waals surface area contributed by atoms with Gasteiger partial charge in [-0.15, -0.1) is 4.74 Å². The first kappa shape index (κ1) is 23.8. The molecule has 2 aromatic carbocycles. The molecular formula is C25H26Cl2N4O4. The van der Waals surface area contributed by atoms with Gasteiger partial charge in [-0.05, 0) is 75.2 Å². The molecule has 1 aliphatic heterocycles. The number of carbonyl (C=O) groups excluding carboxylic acids is 1. The summed E-state index contributed by atoms with van der Waals surface area (Å²) in [5.74, 6) is -0.840. The fourth-order valence-corrected chi connectivity index (χ4v) is 5.67. The lowest BCUT2D eigenvalue weighted by Crippen LogP contribution is -2.51. The molecule has 1 aliphatic carbocycles. The molecule has 8 nitrogen and oxygen atoms in total. The van der Waals surface area contributed by atoms with Crippen molar-refractivity contribution in [3.05, 3.63) is 79.6 Å². The van der Waals surface area contributed by atoms with Crippen molar-refractivity contribution in [2.75, 3.05) is 4.90 Å². The van der Waals surface area contributed by atoms with Gasteiger partial charge in [0.05, 0.1) is 11.2 Å². The Kier molecular flexibility index (Phi) is 6.05. The third-order valence-electron chi connectivity index (χ3n) is 7.00. The zero-order chi connectivity index (χ0) is 24.9. The van der Waals surface area contributed by atoms with Gasteiger partial charge in [0.15, 0.2) is 6.17 Å². The summed E-state index contributed by atoms with van der Waals surface area (Å²) in [6.07, 6.45) is 4.10. The number of amides is 2. The van der Waals surface area contributed by atoms with Crippen molar-refractivity contribution in [1.29, 1.82) is 0 Å². The molecule has 0 N–H and O–H groups in total. The van der Waals surface area contributed by atoms with Crippen LogP contribution in [0, 0.1) is 0 Å². The number of hydrogen-bond acceptors (Lipinski definition) is 4. The number of anilines is 1. The predicted octanol–water partition coefficient (Wildman–Crippen LogP) is 5.45. The molecule has 184 valence electrons. The van der Waals surface area contributed by atoms with E-state index in [1.54, 1.807) is 48.5 Å². The van der Waals surface area contributed by atoms with Crippen LogP contribution in [0.15, 0.2) is 62.6 Å². The minimum absolute atomic E-state index is 0.0341. The number of hydrogen-bond donors (Lipinski definition) is 0. The predicted molar refractivity (Wildman–Crippen MR) is 135 cm³/mol. The molecule has 1 saturated heterocycles. The Morgan fingerprint density at radius 3 is 1.94 bits per heavy atom. The minimum Gasteiger partial charge on any atom is -0.314 e. The topological polar surface area (TPSA) is 80.7 Å². The van der Waals surface area contributed by atoms with Crippen LogP contribution in [0.3, 0.4) is 0 Å². The van der Waals surface area contributed by atoms with E-state index in [4.69, 9.17) is 27.7 Å². The van der Waals surface area contributed by atoms with Crippen LogP contribution in [-0.2, 0) is 0 Å². The smallest absolute Gasteiger partial charge is 0.314 e. The van der Waals surface area contributed by atoms with Crippen LogP contribution in [0.2, 0.25) is 10.0 Å². The number of nitrogens with zero attached hydrogens (tertiary/aromatic N) is 4. The molecule has 2 fully saturated rings. The second kappa shape index (κ2) is 8.91. The second-order valence-corrected chi connectivity index (χ2v) is 10.5. The van der Waals surface area contributed by atoms with Crippen molar-refractivity contribution in [3.8, 4) is 5.69 Å². The molecule has 35 heavy (non-hydrogen) atoms. The fourth-order valence-electron chi connectivity index (χ4n) is 5.42. The van der Waals surface area contributed by atoms with E-state index in [1.807, 2.05) is 18.7 Å². The molecule has 2 heterocycles. The van der Waals surface area contributed by atoms with Crippen LogP contribution in [0.5, 0.6) is 0 Å². The normalized spacial score (nSPS) is 20.6. The van der Waals surface area contributed by atoms with Crippen molar-refractivity contribution >= 4 is 34.9 Å². The third kappa shape index (κ3) is 3.98. The van der Waals surface area contributed by atoms with Gasteiger partial charge in [-0.2, -0.15) is 4.57 Å². The second-order valence-electron chi connectivity index (χ2n) is 9.60. The molecule has 3 aromatic rings. The first-order valence-corrected chi connectivity index (χ1v) is 12.4. The highest BCUT2D eigenvalue weighted by atomic mass is 35.5. The molecule has 2 amide bonds. The summed E-state index contributed by atoms with van der Waals surface area (Å²) in [5, 5.41) is 1.00. The van der Waals surface area contributed by atoms with Crippen LogP contribution in [0.4, 0.5) is 10.5 Å². The molecular weight excluding hydrogens is 491 g/mol. The Bertz CT molecular complexity index is 1350. The summed E-state index contributed by atoms with van der Waals surface area (Å²) < 4.78 is 7.51. The van der Waals surface area contributed by atoms with Crippen LogP contribution >= 0.6 is 23.2 Å². The van der Waals surface area contributed by atoms with Gasteiger partial charge < -0.3 is 9.42 Å². The molecule has 0 spiro atoms. The number of halogens is 2. The Balaban J connectivity index is 1.67. The molecule has 0 radical (unpaired) electrons. The summed E-state index contributed by atoms with van der Waals surface area (Å²) >= 11 is 12.1. The number of carbonyl (C=O) groups is 1. The summed E-state index contributed by atoms with van der Waals surface area (Å²) in [4.78, 5) is 43.8. The minimum atomic E-state index is -0.896. The van der Waals surface area contributed by atoms with E-state index in [2.05, 4.69) is 0 Å². The average Bonchev–Trinajstić information content (AvgIpc) is 3.23. The maximum absolute atomic E-state index is 14.0. The SMILES string of the molecule is CC1(C)C(n2oc(=O)n(-c3ccc(Cl)cc3)c2=O)N(c2ccc(Cl)cc2)C(=O)N1C1CCCCC1. The number of rotatable bonds is 4. The maximum Gasteiger partial charge on any atom is 0.447 e. The Morgan fingerprint density at radius 1 is 0.829 bits per heavy atom. The zero-order valence-corrected chi connectivity index (χ0v) is 21.0. The Hall–Kier alpha value is -2.97. The van der Waals surface area contributed by atoms with Gasteiger partial charge in [0, 0.05) is 21.8 Å². The van der Waals surface area contributed by atoms with Crippen molar-refractivity contribution < 1.29 is 9.32 Å². The van der Waals surface area contributed by atoms with Crippen LogP contribution in [0.1, 0.15) is 52.1 Å². The molecule has 10 heteroatoms. The molecule has 1 atom stereocenters. The molecule has 5 rings (SSSR count). The highest BCUT2D eigenvalue weighted by Gasteiger charge is 2.57. The number of benzene rings is 2. The van der Waals surface area contributed by atoms with E-state index in [0.717, 1.165) is 41.4 Å². The Labute approximate surface area is 212 Å². The summed E-state index contributed by atoms with van der Waals surface area (Å²) in [6.45, 7) is 3.82. The van der Waals surface area contributed by atoms with Gasteiger partial charge in [0.25, 0.3) is 0 Å². The quantitative estimate of drug-likeness (QED) is 0.461. The molecule has 0 bridgehead atoms. The van der Waals surface area contributed by atoms with E-state index in [1.165, 1.54) is 4.90 Å². The van der Waals surface area contributed by atoms with E-state index in [0.29, 0.717) is 21.4 Å². The highest BCUT2D eigenvalue weighted by Crippen LogP contribution is 2.45. The average molecular weight is 517 g/mol. The first-order chi connectivity index (χ1) is 16.7. The van der Waals surface area contributed by atoms with Gasteiger partial charge in [0.1, 0.15) is 0 Å². The lowest BCUT2D eigenvalue weighted by Gasteiger charge is -2.40. The van der Waals surface area contributed by atoms with E-state index < -0.39 is 23.2 Å². The molecule has 2 aliphatic rings. The standard InChI is InChI=1S/C25H26Cl2N4O4/c1-25(2)21(31-23(33)29(24(34)35-31)19-14-10-17(27)11-15-19)28(18-12-8-16(26)9-13-18)22(32)30(25)20-6-4-3-5-7-20/h8-15,20-21H,3-7H2,1-2H3. The van der Waals surface area contributed by atoms with Gasteiger partial charge in [-0.25, -0.2) is 14.4 Å². The van der Waals surface area contributed by atoms with Crippen LogP contribution < -0.4 is 16.3 Å². The fraction of sp³-hybridized carbons (Fsp3) is 0.400. The van der Waals surface area contributed by atoms with Gasteiger partial charge in [0.2, 0.25) is 0 Å². The Morgan fingerprint density at radius 2 is 1.37 bits per heavy atom. The largest absolute Gasteiger partial charge is 0.447 e. The zero-order valence-electron chi connectivity index (χ0n) is 19.5. The third-order valence-corrected chi connectivity index (χ3v) is 7.50. The van der Waals surface area contributed by atoms with Crippen molar-refractivity contribution in [2.24, 2.45) is 0 Å². The van der Waals surface area contributed by atoms with Crippen molar-refractivity contribution in [3.63, 3.8) is 0 Å². The number of aromatic nitrogens is 2. The van der Waals surface area contributed by atoms with Crippen LogP contribution in [-0.4, -0.2) is 31.8 Å². The lowest BCUT2D eigenvalue weighted by atomic mass is 9.90. The van der Waals surface area contributed by atoms with Crippen LogP contribution in [0.25, 0.3) is 5.69 Å². The lowest BCUT2D eigenvalue weighted by molar-refractivity contribution is 0.0605. The molecule has 1 aromatic heterocycles. The van der Waals surface area contributed by atoms with E-state index in [-0.39, 0.29) is 12.1 Å². The van der Waals surface area contributed by atoms with Gasteiger partial charge in [-0.3, -0.25) is 4.90 Å². The van der Waals surface area contributed by atoms with Gasteiger partial charge in [-0.1, -0.05) is 42.5 Å². The van der Waals surface area contributed by atoms with Crippen molar-refractivity contribution in [1.82, 2.24) is 14.2 Å². The maximum atomic E-state index is 14.0. The first-order valence-electron chi connectivity index (χ1n) is 11.7. The van der Waals surface area contributed by atoms with E-state index >= 15 is 0 Å². The summed E-state index contributed by atoms with van der Waals surface area (Å²) in [6, 6.07) is 13.0. The molecule has 1 saturated carbocycles. The number of urea groups is 1. The highest BCUT2D eigenvalue weighted by molar-refractivity contribution is 6.30. The molecule has 1 unspecified atom stereocenters. The summed E-state index contributed by atoms with van der Waals surface area (Å²) in [7, 11) is 0. The monoisotopic (exact) mass is 516 g/mol. The van der Waals surface area contributed by atoms with Crippen molar-refractivity contribution in [2.45, 2.75) is 63.7 Å².